The first-order valence-corrected chi connectivity index (χ1v) is 9.19. The first-order chi connectivity index (χ1) is 9.34. The summed E-state index contributed by atoms with van der Waals surface area (Å²) < 4.78 is 22.8. The Morgan fingerprint density at radius 3 is 2.14 bits per heavy atom. The summed E-state index contributed by atoms with van der Waals surface area (Å²) in [5.41, 5.74) is -0.459. The maximum absolute atomic E-state index is 12.6. The number of carbonyl (C=O) groups is 2. The lowest BCUT2D eigenvalue weighted by atomic mass is 9.82. The van der Waals surface area contributed by atoms with Crippen molar-refractivity contribution in [3.8, 4) is 0 Å². The summed E-state index contributed by atoms with van der Waals surface area (Å²) in [6.07, 6.45) is 1.13. The highest BCUT2D eigenvalue weighted by Crippen LogP contribution is 2.29. The monoisotopic (exact) mass is 318 g/mol. The van der Waals surface area contributed by atoms with Crippen LogP contribution < -0.4 is 5.32 Å². The van der Waals surface area contributed by atoms with E-state index in [1.54, 1.807) is 0 Å². The van der Waals surface area contributed by atoms with Gasteiger partial charge >= 0.3 is 0 Å². The zero-order valence-corrected chi connectivity index (χ0v) is 14.5. The van der Waals surface area contributed by atoms with Crippen molar-refractivity contribution >= 4 is 21.7 Å². The minimum Gasteiger partial charge on any atom is -0.342 e. The lowest BCUT2D eigenvalue weighted by Crippen LogP contribution is -2.68. The molecule has 0 bridgehead atoms. The zero-order chi connectivity index (χ0) is 16.6. The smallest absolute Gasteiger partial charge is 0.246 e. The van der Waals surface area contributed by atoms with Crippen molar-refractivity contribution in [2.24, 2.45) is 11.3 Å². The van der Waals surface area contributed by atoms with Crippen molar-refractivity contribution in [1.29, 1.82) is 0 Å². The molecule has 0 aromatic rings. The van der Waals surface area contributed by atoms with E-state index in [0.29, 0.717) is 0 Å². The minimum atomic E-state index is -3.20. The highest BCUT2D eigenvalue weighted by molar-refractivity contribution is 7.90. The van der Waals surface area contributed by atoms with Gasteiger partial charge in [-0.25, -0.2) is 8.42 Å². The third-order valence-corrected chi connectivity index (χ3v) is 4.52. The molecule has 0 aromatic heterocycles. The number of hydrogen-bond donors (Lipinski definition) is 1. The standard InChI is InChI=1S/C14H26N2O4S/c1-9(2)10-13(18)16(7-8-21(6,19)20)11(12(17)15-10)14(3,4)5/h9-11H,7-8H2,1-6H3,(H,15,17). The second-order valence-corrected chi connectivity index (χ2v) is 9.42. The van der Waals surface area contributed by atoms with Crippen LogP contribution in [0.3, 0.4) is 0 Å². The average Bonchev–Trinajstić information content (AvgIpc) is 2.26. The van der Waals surface area contributed by atoms with Gasteiger partial charge in [-0.15, -0.1) is 0 Å². The molecule has 7 heteroatoms. The molecule has 1 heterocycles. The van der Waals surface area contributed by atoms with Gasteiger partial charge in [-0.3, -0.25) is 9.59 Å². The molecule has 21 heavy (non-hydrogen) atoms. The Labute approximate surface area is 127 Å². The summed E-state index contributed by atoms with van der Waals surface area (Å²) in [5.74, 6) is -0.589. The third kappa shape index (κ3) is 4.43. The summed E-state index contributed by atoms with van der Waals surface area (Å²) in [5, 5.41) is 2.77. The van der Waals surface area contributed by atoms with Gasteiger partial charge in [-0.1, -0.05) is 34.6 Å². The number of carbonyl (C=O) groups excluding carboxylic acids is 2. The highest BCUT2D eigenvalue weighted by atomic mass is 32.2. The minimum absolute atomic E-state index is 0.0388. The second-order valence-electron chi connectivity index (χ2n) is 7.16. The van der Waals surface area contributed by atoms with E-state index in [4.69, 9.17) is 0 Å². The van der Waals surface area contributed by atoms with Crippen LogP contribution in [-0.2, 0) is 19.4 Å². The summed E-state index contributed by atoms with van der Waals surface area (Å²) in [6.45, 7) is 9.37. The molecular weight excluding hydrogens is 292 g/mol. The SMILES string of the molecule is CC(C)C1NC(=O)C(C(C)(C)C)N(CCS(C)(=O)=O)C1=O. The van der Waals surface area contributed by atoms with Crippen molar-refractivity contribution in [1.82, 2.24) is 10.2 Å². The van der Waals surface area contributed by atoms with Crippen LogP contribution in [0.25, 0.3) is 0 Å². The molecule has 0 saturated carbocycles. The van der Waals surface area contributed by atoms with Gasteiger partial charge < -0.3 is 10.2 Å². The lowest BCUT2D eigenvalue weighted by molar-refractivity contribution is -0.154. The van der Waals surface area contributed by atoms with Gasteiger partial charge in [-0.2, -0.15) is 0 Å². The Morgan fingerprint density at radius 1 is 1.24 bits per heavy atom. The highest BCUT2D eigenvalue weighted by Gasteiger charge is 2.46. The van der Waals surface area contributed by atoms with Gasteiger partial charge in [-0.05, 0) is 11.3 Å². The van der Waals surface area contributed by atoms with E-state index in [1.165, 1.54) is 4.90 Å². The average molecular weight is 318 g/mol. The van der Waals surface area contributed by atoms with E-state index in [1.807, 2.05) is 34.6 Å². The molecule has 2 amide bonds. The number of nitrogens with zero attached hydrogens (tertiary/aromatic N) is 1. The van der Waals surface area contributed by atoms with E-state index in [-0.39, 0.29) is 30.0 Å². The molecule has 0 radical (unpaired) electrons. The molecule has 1 rings (SSSR count). The third-order valence-electron chi connectivity index (χ3n) is 3.60. The fraction of sp³-hybridized carbons (Fsp3) is 0.857. The molecule has 122 valence electrons. The molecule has 2 unspecified atom stereocenters. The topological polar surface area (TPSA) is 83.6 Å². The van der Waals surface area contributed by atoms with Crippen molar-refractivity contribution < 1.29 is 18.0 Å². The number of nitrogens with one attached hydrogen (secondary N) is 1. The maximum atomic E-state index is 12.6. The molecule has 1 aliphatic heterocycles. The molecular formula is C14H26N2O4S. The van der Waals surface area contributed by atoms with Gasteiger partial charge in [0.1, 0.15) is 21.9 Å². The maximum Gasteiger partial charge on any atom is 0.246 e. The first kappa shape index (κ1) is 17.9. The fourth-order valence-corrected chi connectivity index (χ4v) is 3.09. The quantitative estimate of drug-likeness (QED) is 0.815. The second kappa shape index (κ2) is 5.94. The van der Waals surface area contributed by atoms with E-state index in [2.05, 4.69) is 5.32 Å². The van der Waals surface area contributed by atoms with Crippen LogP contribution in [0, 0.1) is 11.3 Å². The molecule has 1 aliphatic rings. The molecule has 1 N–H and O–H groups in total. The summed E-state index contributed by atoms with van der Waals surface area (Å²) in [7, 11) is -3.20. The van der Waals surface area contributed by atoms with Crippen LogP contribution in [0.5, 0.6) is 0 Å². The number of sulfone groups is 1. The van der Waals surface area contributed by atoms with Gasteiger partial charge in [0.25, 0.3) is 0 Å². The van der Waals surface area contributed by atoms with Crippen molar-refractivity contribution in [3.63, 3.8) is 0 Å². The van der Waals surface area contributed by atoms with Crippen LogP contribution in [0.1, 0.15) is 34.6 Å². The summed E-state index contributed by atoms with van der Waals surface area (Å²) >= 11 is 0. The van der Waals surface area contributed by atoms with E-state index in [0.717, 1.165) is 6.26 Å². The van der Waals surface area contributed by atoms with Gasteiger partial charge in [0.2, 0.25) is 11.8 Å². The number of hydrogen-bond acceptors (Lipinski definition) is 4. The van der Waals surface area contributed by atoms with Crippen molar-refractivity contribution in [3.05, 3.63) is 0 Å². The predicted molar refractivity (Wildman–Crippen MR) is 81.4 cm³/mol. The van der Waals surface area contributed by atoms with E-state index >= 15 is 0 Å². The zero-order valence-electron chi connectivity index (χ0n) is 13.6. The Kier molecular flexibility index (Phi) is 5.08. The van der Waals surface area contributed by atoms with Gasteiger partial charge in [0, 0.05) is 12.8 Å². The Morgan fingerprint density at radius 2 is 1.76 bits per heavy atom. The summed E-state index contributed by atoms with van der Waals surface area (Å²) in [6, 6.07) is -1.24. The normalized spacial score (nSPS) is 24.4. The van der Waals surface area contributed by atoms with Crippen LogP contribution in [0.4, 0.5) is 0 Å². The molecule has 0 aromatic carbocycles. The van der Waals surface area contributed by atoms with Gasteiger partial charge in [0.05, 0.1) is 5.75 Å². The summed E-state index contributed by atoms with van der Waals surface area (Å²) in [4.78, 5) is 26.4. The van der Waals surface area contributed by atoms with Crippen LogP contribution in [0.15, 0.2) is 0 Å². The predicted octanol–water partition coefficient (Wildman–Crippen LogP) is 0.429. The Bertz CT molecular complexity index is 520. The van der Waals surface area contributed by atoms with Crippen LogP contribution in [0.2, 0.25) is 0 Å². The Hall–Kier alpha value is -1.11. The molecule has 1 fully saturated rings. The van der Waals surface area contributed by atoms with E-state index in [9.17, 15) is 18.0 Å². The van der Waals surface area contributed by atoms with Crippen molar-refractivity contribution in [2.45, 2.75) is 46.7 Å². The number of amides is 2. The van der Waals surface area contributed by atoms with Crippen LogP contribution >= 0.6 is 0 Å². The lowest BCUT2D eigenvalue weighted by Gasteiger charge is -2.45. The molecule has 6 nitrogen and oxygen atoms in total. The number of piperazine rings is 1. The number of rotatable bonds is 4. The Balaban J connectivity index is 3.12. The van der Waals surface area contributed by atoms with Crippen LogP contribution in [-0.4, -0.2) is 55.8 Å². The molecule has 0 aliphatic carbocycles. The largest absolute Gasteiger partial charge is 0.342 e. The van der Waals surface area contributed by atoms with Gasteiger partial charge in [0.15, 0.2) is 0 Å². The van der Waals surface area contributed by atoms with Crippen molar-refractivity contribution in [2.75, 3.05) is 18.6 Å². The van der Waals surface area contributed by atoms with E-state index < -0.39 is 27.3 Å². The molecule has 0 spiro atoms. The fourth-order valence-electron chi connectivity index (χ4n) is 2.56. The molecule has 1 saturated heterocycles. The molecule has 2 atom stereocenters. The first-order valence-electron chi connectivity index (χ1n) is 7.13.